The Balaban J connectivity index is 3.53. The van der Waals surface area contributed by atoms with Gasteiger partial charge in [0.25, 0.3) is 0 Å². The Morgan fingerprint density at radius 3 is 2.38 bits per heavy atom. The van der Waals surface area contributed by atoms with Crippen LogP contribution in [0.25, 0.3) is 0 Å². The van der Waals surface area contributed by atoms with Crippen LogP contribution in [0.5, 0.6) is 0 Å². The van der Waals surface area contributed by atoms with Crippen molar-refractivity contribution in [3.8, 4) is 0 Å². The summed E-state index contributed by atoms with van der Waals surface area (Å²) < 4.78 is 16.1. The molecule has 0 atom stereocenters. The van der Waals surface area contributed by atoms with Crippen LogP contribution in [0.1, 0.15) is 13.3 Å². The predicted molar refractivity (Wildman–Crippen MR) is 56.6 cm³/mol. The van der Waals surface area contributed by atoms with Crippen LogP contribution >= 0.6 is 0 Å². The molecule has 0 aromatic rings. The van der Waals surface area contributed by atoms with Gasteiger partial charge in [0.05, 0.1) is 6.61 Å². The Hall–Kier alpha value is -0.640. The van der Waals surface area contributed by atoms with E-state index < -0.39 is 9.93 Å². The first-order valence-electron chi connectivity index (χ1n) is 4.19. The summed E-state index contributed by atoms with van der Waals surface area (Å²) in [6.45, 7) is 5.39. The van der Waals surface area contributed by atoms with E-state index in [1.165, 1.54) is 0 Å². The Labute approximate surface area is 80.6 Å². The fourth-order valence-electron chi connectivity index (χ4n) is 0.733. The monoisotopic (exact) mass is 206 g/mol. The van der Waals surface area contributed by atoms with Crippen LogP contribution in [-0.2, 0) is 19.5 Å². The predicted octanol–water partition coefficient (Wildman–Crippen LogP) is 0.772. The first-order valence-corrected chi connectivity index (χ1v) is 6.98. The molecule has 0 aliphatic rings. The van der Waals surface area contributed by atoms with Gasteiger partial charge in [0.15, 0.2) is 0 Å². The number of thiol groups is 1. The van der Waals surface area contributed by atoms with E-state index in [1.54, 1.807) is 19.4 Å². The maximum atomic E-state index is 11.2. The lowest BCUT2D eigenvalue weighted by Crippen LogP contribution is -2.15. The second-order valence-electron chi connectivity index (χ2n) is 3.57. The summed E-state index contributed by atoms with van der Waals surface area (Å²) in [7, 11) is -1.96. The maximum Gasteiger partial charge on any atom is 0.333 e. The normalized spacial score (nSPS) is 12.2. The summed E-state index contributed by atoms with van der Waals surface area (Å²) in [5.74, 6) is 0.248. The summed E-state index contributed by atoms with van der Waals surface area (Å²) in [5.41, 5.74) is 0.399. The maximum absolute atomic E-state index is 11.2. The summed E-state index contributed by atoms with van der Waals surface area (Å²) in [5, 5.41) is 0. The van der Waals surface area contributed by atoms with Crippen molar-refractivity contribution in [2.24, 2.45) is 0 Å². The van der Waals surface area contributed by atoms with Gasteiger partial charge < -0.3 is 4.74 Å². The van der Waals surface area contributed by atoms with Gasteiger partial charge in [-0.15, -0.1) is 9.93 Å². The van der Waals surface area contributed by atoms with E-state index in [2.05, 4.69) is 6.58 Å². The van der Waals surface area contributed by atoms with Crippen molar-refractivity contribution in [2.75, 3.05) is 24.9 Å². The standard InChI is InChI=1S/C9H18O3S/c1-8(2)9(10)12-6-5-7-13(3,4)11/h13H,1,5-7H2,2-4H3. The Morgan fingerprint density at radius 1 is 1.46 bits per heavy atom. The van der Waals surface area contributed by atoms with E-state index in [4.69, 9.17) is 4.74 Å². The summed E-state index contributed by atoms with van der Waals surface area (Å²) in [6, 6.07) is 0. The second-order valence-corrected chi connectivity index (χ2v) is 7.16. The van der Waals surface area contributed by atoms with E-state index >= 15 is 0 Å². The number of hydrogen-bond acceptors (Lipinski definition) is 3. The molecule has 0 bridgehead atoms. The molecular weight excluding hydrogens is 188 g/mol. The molecule has 0 saturated heterocycles. The zero-order chi connectivity index (χ0) is 10.5. The highest BCUT2D eigenvalue weighted by Crippen LogP contribution is 1.98. The molecule has 0 aromatic heterocycles. The van der Waals surface area contributed by atoms with Crippen molar-refractivity contribution in [3.05, 3.63) is 12.2 Å². The van der Waals surface area contributed by atoms with Gasteiger partial charge in [-0.2, -0.15) is 0 Å². The van der Waals surface area contributed by atoms with Crippen molar-refractivity contribution in [2.45, 2.75) is 13.3 Å². The van der Waals surface area contributed by atoms with Gasteiger partial charge in [-0.25, -0.2) is 4.79 Å². The van der Waals surface area contributed by atoms with Crippen LogP contribution in [0.4, 0.5) is 0 Å². The van der Waals surface area contributed by atoms with Gasteiger partial charge in [0, 0.05) is 11.3 Å². The van der Waals surface area contributed by atoms with Crippen molar-refractivity contribution in [1.82, 2.24) is 0 Å². The minimum atomic E-state index is -1.96. The third kappa shape index (κ3) is 7.71. The van der Waals surface area contributed by atoms with E-state index in [-0.39, 0.29) is 5.97 Å². The summed E-state index contributed by atoms with van der Waals surface area (Å²) >= 11 is 0. The highest BCUT2D eigenvalue weighted by Gasteiger charge is 2.04. The van der Waals surface area contributed by atoms with Crippen LogP contribution in [0, 0.1) is 0 Å². The van der Waals surface area contributed by atoms with E-state index in [1.807, 2.05) is 0 Å². The van der Waals surface area contributed by atoms with Crippen LogP contribution in [0.3, 0.4) is 0 Å². The second kappa shape index (κ2) is 5.17. The van der Waals surface area contributed by atoms with Gasteiger partial charge in [-0.1, -0.05) is 6.58 Å². The van der Waals surface area contributed by atoms with Crippen molar-refractivity contribution in [1.29, 1.82) is 0 Å². The molecular formula is C9H18O3S. The Kier molecular flexibility index (Phi) is 4.91. The molecule has 0 aliphatic carbocycles. The average Bonchev–Trinajstić information content (AvgIpc) is 1.95. The number of carbonyl (C=O) groups is 1. The van der Waals surface area contributed by atoms with Crippen molar-refractivity contribution < 1.29 is 13.7 Å². The highest BCUT2D eigenvalue weighted by atomic mass is 32.2. The SMILES string of the molecule is C=C(C)C(=O)OCCC[SH](C)(C)=O. The van der Waals surface area contributed by atoms with Crippen LogP contribution in [-0.4, -0.2) is 35.0 Å². The number of carbonyl (C=O) groups excluding carboxylic acids is 1. The number of ether oxygens (including phenoxy) is 1. The minimum absolute atomic E-state index is 0.331. The molecule has 0 amide bonds. The summed E-state index contributed by atoms with van der Waals surface area (Å²) in [6.07, 6.45) is 4.12. The lowest BCUT2D eigenvalue weighted by molar-refractivity contribution is -0.138. The first-order chi connectivity index (χ1) is 5.83. The average molecular weight is 206 g/mol. The van der Waals surface area contributed by atoms with Crippen molar-refractivity contribution in [3.63, 3.8) is 0 Å². The zero-order valence-corrected chi connectivity index (χ0v) is 9.39. The fraction of sp³-hybridized carbons (Fsp3) is 0.667. The quantitative estimate of drug-likeness (QED) is 0.313. The fourth-order valence-corrected chi connectivity index (χ4v) is 1.62. The number of hydrogen-bond donors (Lipinski definition) is 1. The molecule has 0 rings (SSSR count). The van der Waals surface area contributed by atoms with E-state index in [9.17, 15) is 9.00 Å². The third-order valence-electron chi connectivity index (χ3n) is 1.42. The summed E-state index contributed by atoms with van der Waals surface area (Å²) in [4.78, 5) is 10.9. The molecule has 3 nitrogen and oxygen atoms in total. The smallest absolute Gasteiger partial charge is 0.333 e. The van der Waals surface area contributed by atoms with E-state index in [0.29, 0.717) is 24.4 Å². The molecule has 0 aromatic carbocycles. The van der Waals surface area contributed by atoms with Gasteiger partial charge in [0.1, 0.15) is 0 Å². The number of esters is 1. The minimum Gasteiger partial charge on any atom is -0.462 e. The van der Waals surface area contributed by atoms with Gasteiger partial charge >= 0.3 is 5.97 Å². The molecule has 0 spiro atoms. The molecule has 0 N–H and O–H groups in total. The molecule has 0 aliphatic heterocycles. The zero-order valence-electron chi connectivity index (χ0n) is 8.50. The Bertz CT molecular complexity index is 239. The Morgan fingerprint density at radius 2 is 2.00 bits per heavy atom. The molecule has 0 unspecified atom stereocenters. The molecule has 0 radical (unpaired) electrons. The molecule has 0 fully saturated rings. The van der Waals surface area contributed by atoms with Crippen LogP contribution < -0.4 is 0 Å². The van der Waals surface area contributed by atoms with Crippen molar-refractivity contribution >= 4 is 15.9 Å². The number of rotatable bonds is 5. The molecule has 13 heavy (non-hydrogen) atoms. The topological polar surface area (TPSA) is 43.4 Å². The largest absolute Gasteiger partial charge is 0.462 e. The van der Waals surface area contributed by atoms with Crippen LogP contribution in [0.15, 0.2) is 12.2 Å². The van der Waals surface area contributed by atoms with Gasteiger partial charge in [-0.3, -0.25) is 4.21 Å². The molecule has 0 heterocycles. The van der Waals surface area contributed by atoms with E-state index in [0.717, 1.165) is 0 Å². The highest BCUT2D eigenvalue weighted by molar-refractivity contribution is 8.01. The van der Waals surface area contributed by atoms with Gasteiger partial charge in [0.2, 0.25) is 0 Å². The van der Waals surface area contributed by atoms with Gasteiger partial charge in [-0.05, 0) is 25.9 Å². The van der Waals surface area contributed by atoms with Crippen LogP contribution in [0.2, 0.25) is 0 Å². The first kappa shape index (κ1) is 12.4. The lowest BCUT2D eigenvalue weighted by atomic mass is 10.4. The molecule has 78 valence electrons. The lowest BCUT2D eigenvalue weighted by Gasteiger charge is -2.11. The third-order valence-corrected chi connectivity index (χ3v) is 2.82. The molecule has 4 heteroatoms. The molecule has 0 saturated carbocycles.